The van der Waals surface area contributed by atoms with Crippen LogP contribution in [0.25, 0.3) is 10.6 Å². The number of H-pyrrole nitrogens is 1. The number of hydrogen-bond acceptors (Lipinski definition) is 5. The van der Waals surface area contributed by atoms with Gasteiger partial charge in [-0.2, -0.15) is 5.10 Å². The Kier molecular flexibility index (Phi) is 4.47. The molecule has 3 rings (SSSR count). The second-order valence-electron chi connectivity index (χ2n) is 4.83. The third-order valence-corrected chi connectivity index (χ3v) is 5.64. The van der Waals surface area contributed by atoms with Gasteiger partial charge in [-0.25, -0.2) is 13.1 Å². The van der Waals surface area contributed by atoms with Crippen molar-refractivity contribution in [2.24, 2.45) is 0 Å². The molecular formula is C15H14N4O3S2. The maximum absolute atomic E-state index is 12.2. The van der Waals surface area contributed by atoms with Gasteiger partial charge in [-0.15, -0.1) is 11.3 Å². The predicted octanol–water partition coefficient (Wildman–Crippen LogP) is 2.30. The molecule has 9 heteroatoms. The predicted molar refractivity (Wildman–Crippen MR) is 92.5 cm³/mol. The second-order valence-corrected chi connectivity index (χ2v) is 7.66. The molecule has 0 aliphatic rings. The van der Waals surface area contributed by atoms with E-state index in [4.69, 9.17) is 0 Å². The average Bonchev–Trinajstić information content (AvgIpc) is 3.26. The fraction of sp³-hybridized carbons (Fsp3) is 0.0667. The number of thiophene rings is 1. The SMILES string of the molecule is CNS(=O)(=O)c1ccc(C(=O)Nc2cc(-c3cccs3)[nH]n2)cc1. The van der Waals surface area contributed by atoms with E-state index in [0.717, 1.165) is 10.6 Å². The van der Waals surface area contributed by atoms with Crippen molar-refractivity contribution in [3.05, 3.63) is 53.4 Å². The number of aromatic nitrogens is 2. The molecule has 2 aromatic heterocycles. The number of sulfonamides is 1. The lowest BCUT2D eigenvalue weighted by Crippen LogP contribution is -2.19. The van der Waals surface area contributed by atoms with Crippen LogP contribution in [-0.4, -0.2) is 31.6 Å². The van der Waals surface area contributed by atoms with Gasteiger partial charge in [-0.3, -0.25) is 9.89 Å². The molecule has 0 spiro atoms. The van der Waals surface area contributed by atoms with Gasteiger partial charge in [0.05, 0.1) is 15.5 Å². The molecule has 1 amide bonds. The molecule has 24 heavy (non-hydrogen) atoms. The van der Waals surface area contributed by atoms with Crippen LogP contribution in [0, 0.1) is 0 Å². The lowest BCUT2D eigenvalue weighted by Gasteiger charge is -2.04. The normalized spacial score (nSPS) is 11.4. The number of carbonyl (C=O) groups is 1. The van der Waals surface area contributed by atoms with E-state index < -0.39 is 10.0 Å². The lowest BCUT2D eigenvalue weighted by atomic mass is 10.2. The molecule has 0 unspecified atom stereocenters. The first kappa shape index (κ1) is 16.4. The third kappa shape index (κ3) is 3.37. The Bertz CT molecular complexity index is 945. The molecule has 124 valence electrons. The number of nitrogens with one attached hydrogen (secondary N) is 3. The van der Waals surface area contributed by atoms with Crippen molar-refractivity contribution in [2.45, 2.75) is 4.90 Å². The summed E-state index contributed by atoms with van der Waals surface area (Å²) in [6.45, 7) is 0. The van der Waals surface area contributed by atoms with Gasteiger partial charge in [0.25, 0.3) is 5.91 Å². The van der Waals surface area contributed by atoms with Crippen LogP contribution in [0.2, 0.25) is 0 Å². The first-order valence-corrected chi connectivity index (χ1v) is 9.30. The van der Waals surface area contributed by atoms with Crippen LogP contribution in [0.5, 0.6) is 0 Å². The fourth-order valence-electron chi connectivity index (χ4n) is 2.04. The number of anilines is 1. The summed E-state index contributed by atoms with van der Waals surface area (Å²) in [7, 11) is -2.19. The summed E-state index contributed by atoms with van der Waals surface area (Å²) in [5.74, 6) is 0.0305. The highest BCUT2D eigenvalue weighted by Gasteiger charge is 2.13. The minimum absolute atomic E-state index is 0.0984. The number of rotatable bonds is 5. The van der Waals surface area contributed by atoms with Crippen LogP contribution in [0.1, 0.15) is 10.4 Å². The number of aromatic amines is 1. The van der Waals surface area contributed by atoms with Crippen molar-refractivity contribution in [3.8, 4) is 10.6 Å². The molecular weight excluding hydrogens is 348 g/mol. The largest absolute Gasteiger partial charge is 0.305 e. The summed E-state index contributed by atoms with van der Waals surface area (Å²) < 4.78 is 25.5. The highest BCUT2D eigenvalue weighted by molar-refractivity contribution is 7.89. The van der Waals surface area contributed by atoms with Crippen LogP contribution in [-0.2, 0) is 10.0 Å². The van der Waals surface area contributed by atoms with Crippen molar-refractivity contribution < 1.29 is 13.2 Å². The fourth-order valence-corrected chi connectivity index (χ4v) is 3.46. The summed E-state index contributed by atoms with van der Waals surface area (Å²) in [4.78, 5) is 13.3. The smallest absolute Gasteiger partial charge is 0.256 e. The Morgan fingerprint density at radius 2 is 1.96 bits per heavy atom. The van der Waals surface area contributed by atoms with Gasteiger partial charge >= 0.3 is 0 Å². The average molecular weight is 362 g/mol. The number of nitrogens with zero attached hydrogens (tertiary/aromatic N) is 1. The Labute approximate surface area is 142 Å². The summed E-state index contributed by atoms with van der Waals surface area (Å²) in [5.41, 5.74) is 1.15. The van der Waals surface area contributed by atoms with Crippen LogP contribution >= 0.6 is 11.3 Å². The minimum atomic E-state index is -3.52. The quantitative estimate of drug-likeness (QED) is 0.648. The van der Waals surface area contributed by atoms with Crippen LogP contribution in [0.15, 0.2) is 52.7 Å². The molecule has 0 aliphatic carbocycles. The Hall–Kier alpha value is -2.49. The van der Waals surface area contributed by atoms with Crippen molar-refractivity contribution >= 4 is 33.1 Å². The number of carbonyl (C=O) groups excluding carboxylic acids is 1. The molecule has 0 fully saturated rings. The van der Waals surface area contributed by atoms with E-state index in [0.29, 0.717) is 11.4 Å². The summed E-state index contributed by atoms with van der Waals surface area (Å²) >= 11 is 1.56. The third-order valence-electron chi connectivity index (χ3n) is 3.30. The second kappa shape index (κ2) is 6.56. The highest BCUT2D eigenvalue weighted by Crippen LogP contribution is 2.24. The van der Waals surface area contributed by atoms with Crippen molar-refractivity contribution in [2.75, 3.05) is 12.4 Å². The highest BCUT2D eigenvalue weighted by atomic mass is 32.2. The maximum atomic E-state index is 12.2. The molecule has 3 aromatic rings. The van der Waals surface area contributed by atoms with E-state index in [-0.39, 0.29) is 10.8 Å². The first-order chi connectivity index (χ1) is 11.5. The molecule has 2 heterocycles. The topological polar surface area (TPSA) is 104 Å². The van der Waals surface area contributed by atoms with E-state index in [9.17, 15) is 13.2 Å². The number of benzene rings is 1. The number of hydrogen-bond donors (Lipinski definition) is 3. The van der Waals surface area contributed by atoms with Crippen LogP contribution in [0.4, 0.5) is 5.82 Å². The van der Waals surface area contributed by atoms with Gasteiger partial charge < -0.3 is 5.32 Å². The van der Waals surface area contributed by atoms with Gasteiger partial charge in [0.1, 0.15) is 0 Å². The van der Waals surface area contributed by atoms with Gasteiger partial charge in [-0.05, 0) is 42.8 Å². The monoisotopic (exact) mass is 362 g/mol. The van der Waals surface area contributed by atoms with Crippen LogP contribution in [0.3, 0.4) is 0 Å². The Morgan fingerprint density at radius 1 is 1.21 bits per heavy atom. The first-order valence-electron chi connectivity index (χ1n) is 6.94. The van der Waals surface area contributed by atoms with Gasteiger partial charge in [0, 0.05) is 11.6 Å². The van der Waals surface area contributed by atoms with E-state index >= 15 is 0 Å². The molecule has 0 aliphatic heterocycles. The van der Waals surface area contributed by atoms with Gasteiger partial charge in [0.15, 0.2) is 5.82 Å². The van der Waals surface area contributed by atoms with E-state index in [1.54, 1.807) is 17.4 Å². The van der Waals surface area contributed by atoms with E-state index in [1.807, 2.05) is 17.5 Å². The van der Waals surface area contributed by atoms with Crippen LogP contribution < -0.4 is 10.0 Å². The minimum Gasteiger partial charge on any atom is -0.305 e. The maximum Gasteiger partial charge on any atom is 0.256 e. The van der Waals surface area contributed by atoms with Crippen molar-refractivity contribution in [1.29, 1.82) is 0 Å². The molecule has 1 aromatic carbocycles. The zero-order valence-corrected chi connectivity index (χ0v) is 14.2. The molecule has 0 saturated heterocycles. The zero-order valence-electron chi connectivity index (χ0n) is 12.6. The lowest BCUT2D eigenvalue weighted by molar-refractivity contribution is 0.102. The summed E-state index contributed by atoms with van der Waals surface area (Å²) in [5, 5.41) is 11.5. The molecule has 0 saturated carbocycles. The van der Waals surface area contributed by atoms with Crippen molar-refractivity contribution in [1.82, 2.24) is 14.9 Å². The molecule has 0 bridgehead atoms. The Morgan fingerprint density at radius 3 is 2.58 bits per heavy atom. The molecule has 0 radical (unpaired) electrons. The molecule has 3 N–H and O–H groups in total. The summed E-state index contributed by atoms with van der Waals surface area (Å²) in [6.07, 6.45) is 0. The van der Waals surface area contributed by atoms with E-state index in [2.05, 4.69) is 20.2 Å². The standard InChI is InChI=1S/C15H14N4O3S2/c1-16-24(21,22)11-6-4-10(5-7-11)15(20)17-14-9-12(18-19-14)13-3-2-8-23-13/h2-9,16H,1H3,(H2,17,18,19,20). The number of amides is 1. The Balaban J connectivity index is 1.73. The zero-order chi connectivity index (χ0) is 17.2. The van der Waals surface area contributed by atoms with Crippen molar-refractivity contribution in [3.63, 3.8) is 0 Å². The summed E-state index contributed by atoms with van der Waals surface area (Å²) in [6, 6.07) is 11.3. The van der Waals surface area contributed by atoms with Gasteiger partial charge in [-0.1, -0.05) is 6.07 Å². The van der Waals surface area contributed by atoms with E-state index in [1.165, 1.54) is 31.3 Å². The molecule has 0 atom stereocenters. The molecule has 7 nitrogen and oxygen atoms in total. The van der Waals surface area contributed by atoms with Gasteiger partial charge in [0.2, 0.25) is 10.0 Å².